The standard InChI is InChI=1S/C25H13Br2ClN4O6/c1-2-37-25(36)17-16(10-3-5-11(28)6-4-10)13(8-29)24(35)32-22(17)31-23-14(9-30-32)19(33)12-7-15(26)20(34)18(27)21(12)38-23/h3-7,9,30,33H,2H2,1H3. The molecule has 0 spiro atoms. The van der Waals surface area contributed by atoms with Crippen LogP contribution in [-0.4, -0.2) is 32.3 Å². The zero-order valence-corrected chi connectivity index (χ0v) is 23.1. The highest BCUT2D eigenvalue weighted by Crippen LogP contribution is 2.37. The number of aromatic nitrogens is 3. The van der Waals surface area contributed by atoms with Gasteiger partial charge in [0.2, 0.25) is 11.1 Å². The molecule has 38 heavy (non-hydrogen) atoms. The summed E-state index contributed by atoms with van der Waals surface area (Å²) in [6.07, 6.45) is 1.24. The first-order valence-corrected chi connectivity index (χ1v) is 12.8. The van der Waals surface area contributed by atoms with E-state index in [1.807, 2.05) is 6.07 Å². The number of hydrogen-bond acceptors (Lipinski definition) is 8. The largest absolute Gasteiger partial charge is 0.506 e. The molecule has 190 valence electrons. The maximum absolute atomic E-state index is 13.5. The number of nitrogens with one attached hydrogen (secondary N) is 1. The van der Waals surface area contributed by atoms with E-state index in [9.17, 15) is 24.8 Å². The Hall–Kier alpha value is -3.92. The molecule has 2 aromatic carbocycles. The highest BCUT2D eigenvalue weighted by atomic mass is 79.9. The van der Waals surface area contributed by atoms with Gasteiger partial charge < -0.3 is 14.3 Å². The van der Waals surface area contributed by atoms with Gasteiger partial charge in [-0.05, 0) is 62.5 Å². The predicted octanol–water partition coefficient (Wildman–Crippen LogP) is 5.44. The molecule has 0 bridgehead atoms. The van der Waals surface area contributed by atoms with Crippen LogP contribution >= 0.6 is 43.5 Å². The highest BCUT2D eigenvalue weighted by Gasteiger charge is 2.27. The van der Waals surface area contributed by atoms with Crippen LogP contribution in [0.15, 0.2) is 59.5 Å². The molecule has 10 nitrogen and oxygen atoms in total. The summed E-state index contributed by atoms with van der Waals surface area (Å²) in [6, 6.07) is 9.46. The number of esters is 1. The number of nitrogens with zero attached hydrogens (tertiary/aromatic N) is 3. The van der Waals surface area contributed by atoms with E-state index in [0.29, 0.717) is 10.6 Å². The smallest absolute Gasteiger partial charge is 0.342 e. The summed E-state index contributed by atoms with van der Waals surface area (Å²) >= 11 is 12.4. The number of H-pyrrole nitrogens is 1. The van der Waals surface area contributed by atoms with Crippen LogP contribution in [0.3, 0.4) is 0 Å². The Morgan fingerprint density at radius 2 is 1.97 bits per heavy atom. The Labute approximate surface area is 233 Å². The molecule has 2 N–H and O–H groups in total. The number of nitriles is 1. The fourth-order valence-electron chi connectivity index (χ4n) is 3.99. The third-order valence-corrected chi connectivity index (χ3v) is 7.25. The number of fused-ring (bicyclic) bond motifs is 3. The normalized spacial score (nSPS) is 11.1. The molecule has 0 amide bonds. The van der Waals surface area contributed by atoms with Crippen molar-refractivity contribution in [3.8, 4) is 22.9 Å². The van der Waals surface area contributed by atoms with E-state index in [4.69, 9.17) is 20.8 Å². The molecule has 5 rings (SSSR count). The molecule has 13 heteroatoms. The summed E-state index contributed by atoms with van der Waals surface area (Å²) in [4.78, 5) is 43.6. The van der Waals surface area contributed by atoms with Gasteiger partial charge in [-0.25, -0.2) is 4.79 Å². The number of ether oxygens (including phenoxy) is 1. The number of aromatic hydroxyl groups is 1. The van der Waals surface area contributed by atoms with Crippen molar-refractivity contribution in [1.29, 1.82) is 5.26 Å². The van der Waals surface area contributed by atoms with Crippen molar-refractivity contribution in [2.24, 2.45) is 0 Å². The molecule has 3 aromatic heterocycles. The number of halogens is 3. The first kappa shape index (κ1) is 25.7. The molecular formula is C25H13Br2ClN4O6. The summed E-state index contributed by atoms with van der Waals surface area (Å²) in [5.41, 5.74) is -1.93. The van der Waals surface area contributed by atoms with E-state index < -0.39 is 17.0 Å². The van der Waals surface area contributed by atoms with Crippen LogP contribution in [0, 0.1) is 11.3 Å². The van der Waals surface area contributed by atoms with Gasteiger partial charge in [-0.15, -0.1) is 0 Å². The molecule has 3 heterocycles. The number of benzene rings is 2. The molecule has 5 aromatic rings. The van der Waals surface area contributed by atoms with Gasteiger partial charge in [0.25, 0.3) is 5.56 Å². The van der Waals surface area contributed by atoms with Crippen molar-refractivity contribution >= 4 is 77.1 Å². The van der Waals surface area contributed by atoms with Gasteiger partial charge in [0.15, 0.2) is 11.2 Å². The fourth-order valence-corrected chi connectivity index (χ4v) is 5.32. The summed E-state index contributed by atoms with van der Waals surface area (Å²) < 4.78 is 12.3. The second-order valence-electron chi connectivity index (χ2n) is 7.86. The summed E-state index contributed by atoms with van der Waals surface area (Å²) in [6.45, 7) is 1.60. The maximum atomic E-state index is 13.5. The van der Waals surface area contributed by atoms with Gasteiger partial charge >= 0.3 is 5.97 Å². The molecule has 0 atom stereocenters. The van der Waals surface area contributed by atoms with E-state index in [1.165, 1.54) is 12.3 Å². The van der Waals surface area contributed by atoms with Crippen molar-refractivity contribution in [3.63, 3.8) is 0 Å². The van der Waals surface area contributed by atoms with Crippen LogP contribution in [0.4, 0.5) is 0 Å². The van der Waals surface area contributed by atoms with Crippen LogP contribution < -0.4 is 11.0 Å². The van der Waals surface area contributed by atoms with Crippen LogP contribution in [-0.2, 0) is 4.74 Å². The Kier molecular flexibility index (Phi) is 6.60. The average Bonchev–Trinajstić information content (AvgIpc) is 3.09. The zero-order valence-electron chi connectivity index (χ0n) is 19.1. The molecular weight excluding hydrogens is 648 g/mol. The van der Waals surface area contributed by atoms with Crippen LogP contribution in [0.2, 0.25) is 5.02 Å². The molecule has 0 saturated heterocycles. The topological polar surface area (TPSA) is 151 Å². The Morgan fingerprint density at radius 1 is 1.26 bits per heavy atom. The number of hydrogen-bond donors (Lipinski definition) is 2. The summed E-state index contributed by atoms with van der Waals surface area (Å²) in [5, 5.41) is 24.3. The van der Waals surface area contributed by atoms with Gasteiger partial charge in [-0.3, -0.25) is 14.7 Å². The van der Waals surface area contributed by atoms with Gasteiger partial charge in [-0.2, -0.15) is 14.8 Å². The minimum absolute atomic E-state index is 0.000608. The third-order valence-electron chi connectivity index (χ3n) is 5.69. The lowest BCUT2D eigenvalue weighted by Crippen LogP contribution is -2.24. The number of aromatic amines is 1. The lowest BCUT2D eigenvalue weighted by molar-refractivity contribution is 0.0528. The van der Waals surface area contributed by atoms with Gasteiger partial charge in [0.05, 0.1) is 21.9 Å². The molecule has 0 unspecified atom stereocenters. The quantitative estimate of drug-likeness (QED) is 0.243. The second-order valence-corrected chi connectivity index (χ2v) is 9.95. The minimum atomic E-state index is -0.858. The molecule has 0 aliphatic rings. The molecule has 0 saturated carbocycles. The lowest BCUT2D eigenvalue weighted by atomic mass is 9.96. The number of pyridine rings is 1. The summed E-state index contributed by atoms with van der Waals surface area (Å²) in [5.74, 6) is -1.17. The van der Waals surface area contributed by atoms with Gasteiger partial charge in [0.1, 0.15) is 27.4 Å². The zero-order chi connectivity index (χ0) is 27.3. The van der Waals surface area contributed by atoms with E-state index >= 15 is 0 Å². The van der Waals surface area contributed by atoms with Crippen molar-refractivity contribution in [3.05, 3.63) is 82.2 Å². The average molecular weight is 661 g/mol. The van der Waals surface area contributed by atoms with E-state index in [1.54, 1.807) is 31.2 Å². The fraction of sp³-hybridized carbons (Fsp3) is 0.0800. The van der Waals surface area contributed by atoms with Crippen molar-refractivity contribution in [1.82, 2.24) is 14.6 Å². The SMILES string of the molecule is CCOC(=O)c1c(-c2ccc(Cl)cc2)c(C#N)c(=O)n2[nH]cc3c(O)c4cc(Br)c(=O)c(Br)c4oc3nc12. The molecule has 0 aliphatic carbocycles. The predicted molar refractivity (Wildman–Crippen MR) is 146 cm³/mol. The number of carbonyl (C=O) groups is 1. The third kappa shape index (κ3) is 3.99. The Balaban J connectivity index is 2.05. The van der Waals surface area contributed by atoms with Gasteiger partial charge in [-0.1, -0.05) is 23.7 Å². The first-order chi connectivity index (χ1) is 18.2. The molecule has 0 aliphatic heterocycles. The van der Waals surface area contributed by atoms with Crippen molar-refractivity contribution in [2.45, 2.75) is 6.92 Å². The van der Waals surface area contributed by atoms with E-state index in [2.05, 4.69) is 41.9 Å². The van der Waals surface area contributed by atoms with Crippen LogP contribution in [0.1, 0.15) is 22.8 Å². The number of rotatable bonds is 3. The number of carbonyl (C=O) groups excluding carboxylic acids is 1. The molecule has 0 fully saturated rings. The van der Waals surface area contributed by atoms with Gasteiger partial charge in [0, 0.05) is 16.8 Å². The lowest BCUT2D eigenvalue weighted by Gasteiger charge is -2.13. The van der Waals surface area contributed by atoms with E-state index in [0.717, 1.165) is 4.52 Å². The summed E-state index contributed by atoms with van der Waals surface area (Å²) in [7, 11) is 0. The minimum Gasteiger partial charge on any atom is -0.506 e. The van der Waals surface area contributed by atoms with Crippen molar-refractivity contribution < 1.29 is 19.1 Å². The monoisotopic (exact) mass is 658 g/mol. The van der Waals surface area contributed by atoms with Crippen LogP contribution in [0.25, 0.3) is 38.8 Å². The Bertz CT molecular complexity index is 2010. The first-order valence-electron chi connectivity index (χ1n) is 10.8. The Morgan fingerprint density at radius 3 is 2.63 bits per heavy atom. The van der Waals surface area contributed by atoms with E-state index in [-0.39, 0.29) is 65.7 Å². The van der Waals surface area contributed by atoms with Crippen molar-refractivity contribution in [2.75, 3.05) is 6.61 Å². The molecule has 0 radical (unpaired) electrons. The second kappa shape index (κ2) is 9.75. The maximum Gasteiger partial charge on any atom is 0.342 e. The van der Waals surface area contributed by atoms with Crippen LogP contribution in [0.5, 0.6) is 5.75 Å². The highest BCUT2D eigenvalue weighted by molar-refractivity contribution is 9.11.